The minimum absolute atomic E-state index is 0.285. The fraction of sp³-hybridized carbons (Fsp3) is 0.579. The van der Waals surface area contributed by atoms with Crippen molar-refractivity contribution in [3.63, 3.8) is 0 Å². The summed E-state index contributed by atoms with van der Waals surface area (Å²) in [5.41, 5.74) is 4.25. The van der Waals surface area contributed by atoms with E-state index in [2.05, 4.69) is 66.3 Å². The zero-order valence-electron chi connectivity index (χ0n) is 14.4. The maximum atomic E-state index is 6.36. The van der Waals surface area contributed by atoms with Crippen molar-refractivity contribution in [3.05, 3.63) is 35.9 Å². The summed E-state index contributed by atoms with van der Waals surface area (Å²) in [6.07, 6.45) is 3.22. The average molecular weight is 304 g/mol. The molecule has 1 aliphatic rings. The largest absolute Gasteiger partial charge is 0.473 e. The van der Waals surface area contributed by atoms with E-state index in [4.69, 9.17) is 4.52 Å². The zero-order valence-corrected chi connectivity index (χ0v) is 15.3. The number of aryl methyl sites for hydroxylation is 1. The van der Waals surface area contributed by atoms with Crippen molar-refractivity contribution in [2.75, 3.05) is 6.16 Å². The van der Waals surface area contributed by atoms with Crippen LogP contribution in [-0.2, 0) is 6.42 Å². The van der Waals surface area contributed by atoms with Crippen LogP contribution in [0.4, 0.5) is 0 Å². The van der Waals surface area contributed by atoms with E-state index in [1.807, 2.05) is 0 Å². The maximum Gasteiger partial charge on any atom is 0.123 e. The van der Waals surface area contributed by atoms with Gasteiger partial charge in [-0.15, -0.1) is 0 Å². The second kappa shape index (κ2) is 5.76. The van der Waals surface area contributed by atoms with E-state index >= 15 is 0 Å². The Labute approximate surface area is 131 Å². The monoisotopic (exact) mass is 304 g/mol. The van der Waals surface area contributed by atoms with E-state index in [1.165, 1.54) is 22.9 Å². The minimum Gasteiger partial charge on any atom is -0.473 e. The fourth-order valence-corrected chi connectivity index (χ4v) is 5.36. The Kier molecular flexibility index (Phi) is 4.54. The molecule has 1 aliphatic heterocycles. The van der Waals surface area contributed by atoms with Gasteiger partial charge in [-0.2, -0.15) is 0 Å². The molecule has 0 amide bonds. The summed E-state index contributed by atoms with van der Waals surface area (Å²) in [6.45, 7) is 17.9. The van der Waals surface area contributed by atoms with Gasteiger partial charge in [0.25, 0.3) is 0 Å². The average Bonchev–Trinajstić information content (AvgIpc) is 2.45. The van der Waals surface area contributed by atoms with Gasteiger partial charge in [0, 0.05) is 11.3 Å². The van der Waals surface area contributed by atoms with E-state index in [-0.39, 0.29) is 13.3 Å². The lowest BCUT2D eigenvalue weighted by molar-refractivity contribution is 0.253. The second-order valence-electron chi connectivity index (χ2n) is 7.20. The maximum absolute atomic E-state index is 6.36. The molecule has 0 aromatic heterocycles. The van der Waals surface area contributed by atoms with Crippen molar-refractivity contribution in [2.24, 2.45) is 5.41 Å². The Morgan fingerprint density at radius 2 is 1.90 bits per heavy atom. The van der Waals surface area contributed by atoms with Gasteiger partial charge in [0.2, 0.25) is 0 Å². The van der Waals surface area contributed by atoms with Crippen LogP contribution in [0.2, 0.25) is 0 Å². The Balaban J connectivity index is 2.21. The summed E-state index contributed by atoms with van der Waals surface area (Å²) < 4.78 is 6.36. The molecule has 1 atom stereocenters. The Morgan fingerprint density at radius 1 is 1.24 bits per heavy atom. The van der Waals surface area contributed by atoms with Crippen LogP contribution in [0.15, 0.2) is 24.8 Å². The van der Waals surface area contributed by atoms with Gasteiger partial charge in [-0.05, 0) is 47.1 Å². The third-order valence-electron chi connectivity index (χ3n) is 5.30. The fourth-order valence-electron chi connectivity index (χ4n) is 2.71. The zero-order chi connectivity index (χ0) is 15.8. The number of benzene rings is 1. The van der Waals surface area contributed by atoms with E-state index in [0.717, 1.165) is 18.6 Å². The molecule has 1 aromatic carbocycles. The lowest BCUT2D eigenvalue weighted by atomic mass is 9.81. The predicted octanol–water partition coefficient (Wildman–Crippen LogP) is 6.27. The Bertz CT molecular complexity index is 542. The summed E-state index contributed by atoms with van der Waals surface area (Å²) in [5.74, 6) is 1.02. The van der Waals surface area contributed by atoms with Crippen LogP contribution in [0, 0.1) is 5.41 Å². The summed E-state index contributed by atoms with van der Waals surface area (Å²) in [7, 11) is -0.385. The molecule has 0 spiro atoms. The number of hydrogen-bond donors (Lipinski definition) is 0. The lowest BCUT2D eigenvalue weighted by Gasteiger charge is -2.57. The van der Waals surface area contributed by atoms with Crippen LogP contribution in [0.25, 0.3) is 5.57 Å². The number of hydrogen-bond acceptors (Lipinski definition) is 1. The van der Waals surface area contributed by atoms with Gasteiger partial charge in [0.15, 0.2) is 0 Å². The molecule has 0 saturated carbocycles. The van der Waals surface area contributed by atoms with Gasteiger partial charge >= 0.3 is 0 Å². The summed E-state index contributed by atoms with van der Waals surface area (Å²) in [4.78, 5) is 0. The molecule has 0 radical (unpaired) electrons. The van der Waals surface area contributed by atoms with Crippen LogP contribution in [0.1, 0.15) is 59.1 Å². The van der Waals surface area contributed by atoms with Gasteiger partial charge in [-0.25, -0.2) is 0 Å². The first-order chi connectivity index (χ1) is 9.72. The molecule has 0 N–H and O–H groups in total. The van der Waals surface area contributed by atoms with Gasteiger partial charge in [-0.3, -0.25) is 0 Å². The predicted molar refractivity (Wildman–Crippen MR) is 95.4 cm³/mol. The van der Waals surface area contributed by atoms with Crippen molar-refractivity contribution in [3.8, 4) is 5.75 Å². The summed E-state index contributed by atoms with van der Waals surface area (Å²) >= 11 is 0. The first kappa shape index (κ1) is 16.6. The van der Waals surface area contributed by atoms with Crippen molar-refractivity contribution in [1.29, 1.82) is 0 Å². The Morgan fingerprint density at radius 3 is 2.38 bits per heavy atom. The topological polar surface area (TPSA) is 9.23 Å². The lowest BCUT2D eigenvalue weighted by Crippen LogP contribution is -2.51. The van der Waals surface area contributed by atoms with Crippen LogP contribution in [-0.4, -0.2) is 11.3 Å². The molecular formula is C19H29OP. The molecule has 1 aromatic rings. The molecule has 2 heteroatoms. The van der Waals surface area contributed by atoms with Crippen molar-refractivity contribution in [2.45, 2.75) is 59.5 Å². The number of rotatable bonds is 5. The van der Waals surface area contributed by atoms with E-state index in [0.29, 0.717) is 5.41 Å². The van der Waals surface area contributed by atoms with Crippen molar-refractivity contribution < 1.29 is 4.52 Å². The Hall–Kier alpha value is -0.810. The summed E-state index contributed by atoms with van der Waals surface area (Å²) in [5, 5.41) is 0.285. The van der Waals surface area contributed by atoms with Crippen LogP contribution >= 0.6 is 8.15 Å². The molecule has 0 bridgehead atoms. The highest BCUT2D eigenvalue weighted by Gasteiger charge is 2.56. The van der Waals surface area contributed by atoms with Crippen molar-refractivity contribution in [1.82, 2.24) is 0 Å². The first-order valence-electron chi connectivity index (χ1n) is 7.99. The van der Waals surface area contributed by atoms with Crippen molar-refractivity contribution >= 4 is 13.7 Å². The smallest absolute Gasteiger partial charge is 0.123 e. The first-order valence-corrected chi connectivity index (χ1v) is 9.44. The molecule has 1 nitrogen and oxygen atoms in total. The molecule has 116 valence electrons. The van der Waals surface area contributed by atoms with E-state index in [9.17, 15) is 0 Å². The van der Waals surface area contributed by atoms with Crippen LogP contribution < -0.4 is 4.52 Å². The quantitative estimate of drug-likeness (QED) is 0.583. The van der Waals surface area contributed by atoms with Gasteiger partial charge < -0.3 is 4.52 Å². The molecule has 1 heterocycles. The van der Waals surface area contributed by atoms with Gasteiger partial charge in [-0.1, -0.05) is 54.2 Å². The molecule has 1 unspecified atom stereocenters. The molecule has 21 heavy (non-hydrogen) atoms. The van der Waals surface area contributed by atoms with E-state index < -0.39 is 0 Å². The van der Waals surface area contributed by atoms with Gasteiger partial charge in [0.05, 0.1) is 8.15 Å². The third kappa shape index (κ3) is 2.90. The second-order valence-corrected chi connectivity index (χ2v) is 9.57. The molecule has 1 saturated heterocycles. The molecule has 2 rings (SSSR count). The van der Waals surface area contributed by atoms with Crippen LogP contribution in [0.5, 0.6) is 5.75 Å². The highest BCUT2D eigenvalue weighted by atomic mass is 31.1. The molecule has 0 aliphatic carbocycles. The molecular weight excluding hydrogens is 275 g/mol. The van der Waals surface area contributed by atoms with Gasteiger partial charge in [0.1, 0.15) is 5.75 Å². The normalized spacial score (nSPS) is 22.5. The standard InChI is InChI=1S/C19H29OP/c1-8-14(3)17-12-16(11-10-15(17)9-2)20-21-13-18(4,5)19(21,6)7/h10-12H,3,8-9,13H2,1-2,4-7H3. The summed E-state index contributed by atoms with van der Waals surface area (Å²) in [6, 6.07) is 6.54. The third-order valence-corrected chi connectivity index (χ3v) is 8.67. The minimum atomic E-state index is -0.385. The molecule has 1 fully saturated rings. The number of allylic oxidation sites excluding steroid dienone is 1. The SMILES string of the molecule is C=C(CC)c1cc(OP2CC(C)(C)C2(C)C)ccc1CC. The van der Waals surface area contributed by atoms with E-state index in [1.54, 1.807) is 0 Å². The highest BCUT2D eigenvalue weighted by molar-refractivity contribution is 7.56. The van der Waals surface area contributed by atoms with Crippen LogP contribution in [0.3, 0.4) is 0 Å². The highest BCUT2D eigenvalue weighted by Crippen LogP contribution is 2.70.